The van der Waals surface area contributed by atoms with Crippen molar-refractivity contribution in [3.8, 4) is 0 Å². The van der Waals surface area contributed by atoms with Crippen molar-refractivity contribution in [2.75, 3.05) is 36.8 Å². The standard InChI is InChI=1S/C21H21N5O5/c22-6-8-24-14-1-2-15(25-9-10-26-16(27)3-4-17(28)29)19-18(14)20(30)12-5-7-23-11-13(12)21(19)31/h1-5,7,11,24-25H,6,8-10,22H2,(H,26,27)(H,28,29)/b4-3-. The molecule has 10 nitrogen and oxygen atoms in total. The second kappa shape index (κ2) is 9.63. The van der Waals surface area contributed by atoms with Gasteiger partial charge in [0.25, 0.3) is 0 Å². The number of carboxylic acids is 1. The average Bonchev–Trinajstić information content (AvgIpc) is 2.77. The Labute approximate surface area is 177 Å². The average molecular weight is 423 g/mol. The number of aliphatic carboxylic acids is 1. The number of carboxylic acid groups (broad SMARTS) is 1. The maximum atomic E-state index is 13.2. The van der Waals surface area contributed by atoms with Gasteiger partial charge < -0.3 is 26.8 Å². The lowest BCUT2D eigenvalue weighted by atomic mass is 9.83. The molecule has 1 aromatic carbocycles. The number of rotatable bonds is 9. The molecule has 0 atom stereocenters. The van der Waals surface area contributed by atoms with E-state index in [1.807, 2.05) is 0 Å². The predicted molar refractivity (Wildman–Crippen MR) is 113 cm³/mol. The largest absolute Gasteiger partial charge is 0.478 e. The van der Waals surface area contributed by atoms with Crippen LogP contribution in [-0.4, -0.2) is 59.7 Å². The Morgan fingerprint density at radius 1 is 0.935 bits per heavy atom. The van der Waals surface area contributed by atoms with Gasteiger partial charge in [-0.1, -0.05) is 0 Å². The lowest BCUT2D eigenvalue weighted by Gasteiger charge is -2.23. The van der Waals surface area contributed by atoms with Gasteiger partial charge in [0.15, 0.2) is 11.6 Å². The third kappa shape index (κ3) is 4.75. The first kappa shape index (κ1) is 21.7. The van der Waals surface area contributed by atoms with Crippen LogP contribution >= 0.6 is 0 Å². The molecule has 0 aliphatic heterocycles. The molecule has 31 heavy (non-hydrogen) atoms. The van der Waals surface area contributed by atoms with Gasteiger partial charge in [-0.2, -0.15) is 0 Å². The van der Waals surface area contributed by atoms with Crippen molar-refractivity contribution < 1.29 is 24.3 Å². The molecular formula is C21H21N5O5. The highest BCUT2D eigenvalue weighted by atomic mass is 16.4. The highest BCUT2D eigenvalue weighted by Gasteiger charge is 2.34. The minimum absolute atomic E-state index is 0.172. The monoisotopic (exact) mass is 423 g/mol. The van der Waals surface area contributed by atoms with Gasteiger partial charge >= 0.3 is 5.97 Å². The van der Waals surface area contributed by atoms with E-state index in [4.69, 9.17) is 10.8 Å². The Balaban J connectivity index is 1.84. The number of carbonyl (C=O) groups excluding carboxylic acids is 3. The van der Waals surface area contributed by atoms with Gasteiger partial charge in [-0.3, -0.25) is 19.4 Å². The first-order chi connectivity index (χ1) is 14.9. The van der Waals surface area contributed by atoms with Crippen molar-refractivity contribution in [2.24, 2.45) is 5.73 Å². The van der Waals surface area contributed by atoms with E-state index in [1.54, 1.807) is 12.1 Å². The van der Waals surface area contributed by atoms with Crippen LogP contribution in [0, 0.1) is 0 Å². The van der Waals surface area contributed by atoms with E-state index in [0.717, 1.165) is 12.2 Å². The van der Waals surface area contributed by atoms with Crippen LogP contribution in [0.1, 0.15) is 31.8 Å². The number of hydrogen-bond acceptors (Lipinski definition) is 8. The van der Waals surface area contributed by atoms with E-state index in [9.17, 15) is 19.2 Å². The Hall–Kier alpha value is -4.05. The van der Waals surface area contributed by atoms with Crippen molar-refractivity contribution in [1.82, 2.24) is 10.3 Å². The molecule has 3 rings (SSSR count). The van der Waals surface area contributed by atoms with Gasteiger partial charge in [0.1, 0.15) is 0 Å². The van der Waals surface area contributed by atoms with Crippen LogP contribution in [0.3, 0.4) is 0 Å². The summed E-state index contributed by atoms with van der Waals surface area (Å²) in [5.41, 5.74) is 7.52. The van der Waals surface area contributed by atoms with E-state index in [2.05, 4.69) is 20.9 Å². The molecule has 0 spiro atoms. The number of hydrogen-bond donors (Lipinski definition) is 5. The van der Waals surface area contributed by atoms with E-state index in [1.165, 1.54) is 18.5 Å². The van der Waals surface area contributed by atoms with Crippen molar-refractivity contribution in [2.45, 2.75) is 0 Å². The van der Waals surface area contributed by atoms with E-state index in [-0.39, 0.29) is 46.9 Å². The molecule has 10 heteroatoms. The minimum atomic E-state index is -1.22. The van der Waals surface area contributed by atoms with Crippen molar-refractivity contribution in [3.05, 3.63) is 65.0 Å². The first-order valence-corrected chi connectivity index (χ1v) is 9.51. The summed E-state index contributed by atoms with van der Waals surface area (Å²) in [5.74, 6) is -2.40. The van der Waals surface area contributed by atoms with Crippen LogP contribution in [0.25, 0.3) is 0 Å². The predicted octanol–water partition coefficient (Wildman–Crippen LogP) is 0.397. The molecule has 1 aromatic heterocycles. The molecule has 1 amide bonds. The third-order valence-electron chi connectivity index (χ3n) is 4.55. The zero-order valence-corrected chi connectivity index (χ0v) is 16.5. The number of amides is 1. The number of anilines is 2. The Morgan fingerprint density at radius 3 is 2.23 bits per heavy atom. The summed E-state index contributed by atoms with van der Waals surface area (Å²) in [4.78, 5) is 52.3. The SMILES string of the molecule is NCCNc1ccc(NCCNC(=O)/C=C\C(=O)O)c2c1C(=O)c1ccncc1C2=O. The number of ketones is 2. The summed E-state index contributed by atoms with van der Waals surface area (Å²) >= 11 is 0. The number of pyridine rings is 1. The maximum Gasteiger partial charge on any atom is 0.328 e. The fraction of sp³-hybridized carbons (Fsp3) is 0.190. The first-order valence-electron chi connectivity index (χ1n) is 9.51. The topological polar surface area (TPSA) is 164 Å². The van der Waals surface area contributed by atoms with Crippen LogP contribution in [0.15, 0.2) is 42.7 Å². The minimum Gasteiger partial charge on any atom is -0.478 e. The number of carbonyl (C=O) groups is 4. The Bertz CT molecular complexity index is 1080. The Kier molecular flexibility index (Phi) is 6.73. The molecule has 1 aliphatic carbocycles. The van der Waals surface area contributed by atoms with Gasteiger partial charge in [0.2, 0.25) is 5.91 Å². The number of nitrogens with zero attached hydrogens (tertiary/aromatic N) is 1. The molecule has 0 unspecified atom stereocenters. The molecular weight excluding hydrogens is 402 g/mol. The molecule has 1 aliphatic rings. The fourth-order valence-corrected chi connectivity index (χ4v) is 3.21. The molecule has 2 aromatic rings. The summed E-state index contributed by atoms with van der Waals surface area (Å²) < 4.78 is 0. The number of nitrogens with one attached hydrogen (secondary N) is 3. The van der Waals surface area contributed by atoms with E-state index >= 15 is 0 Å². The smallest absolute Gasteiger partial charge is 0.328 e. The van der Waals surface area contributed by atoms with Gasteiger partial charge in [-0.15, -0.1) is 0 Å². The lowest BCUT2D eigenvalue weighted by Crippen LogP contribution is -2.29. The molecule has 0 fully saturated rings. The number of nitrogens with two attached hydrogens (primary N) is 1. The summed E-state index contributed by atoms with van der Waals surface area (Å²) in [6.07, 6.45) is 4.49. The molecule has 0 saturated carbocycles. The zero-order valence-electron chi connectivity index (χ0n) is 16.5. The van der Waals surface area contributed by atoms with E-state index < -0.39 is 11.9 Å². The molecule has 0 radical (unpaired) electrons. The van der Waals surface area contributed by atoms with E-state index in [0.29, 0.717) is 24.5 Å². The second-order valence-corrected chi connectivity index (χ2v) is 6.60. The Morgan fingerprint density at radius 2 is 1.58 bits per heavy atom. The molecule has 1 heterocycles. The lowest BCUT2D eigenvalue weighted by molar-refractivity contribution is -0.131. The highest BCUT2D eigenvalue weighted by Crippen LogP contribution is 2.36. The molecule has 160 valence electrons. The zero-order chi connectivity index (χ0) is 22.4. The van der Waals surface area contributed by atoms with Crippen molar-refractivity contribution >= 4 is 34.8 Å². The number of aromatic nitrogens is 1. The summed E-state index contributed by atoms with van der Waals surface area (Å²) in [5, 5.41) is 17.2. The molecule has 0 saturated heterocycles. The van der Waals surface area contributed by atoms with Crippen LogP contribution in [0.4, 0.5) is 11.4 Å². The van der Waals surface area contributed by atoms with Gasteiger partial charge in [0.05, 0.1) is 16.7 Å². The van der Waals surface area contributed by atoms with Crippen molar-refractivity contribution in [3.63, 3.8) is 0 Å². The maximum absolute atomic E-state index is 13.2. The van der Waals surface area contributed by atoms with Gasteiger partial charge in [-0.05, 0) is 18.2 Å². The normalized spacial score (nSPS) is 12.3. The summed E-state index contributed by atoms with van der Waals surface area (Å²) in [6.45, 7) is 1.20. The quantitative estimate of drug-likeness (QED) is 0.242. The highest BCUT2D eigenvalue weighted by molar-refractivity contribution is 6.31. The second-order valence-electron chi connectivity index (χ2n) is 6.60. The van der Waals surface area contributed by atoms with Gasteiger partial charge in [0, 0.05) is 67.7 Å². The number of benzene rings is 1. The van der Waals surface area contributed by atoms with Crippen molar-refractivity contribution in [1.29, 1.82) is 0 Å². The van der Waals surface area contributed by atoms with Gasteiger partial charge in [-0.25, -0.2) is 4.79 Å². The third-order valence-corrected chi connectivity index (χ3v) is 4.55. The summed E-state index contributed by atoms with van der Waals surface area (Å²) in [6, 6.07) is 4.89. The number of fused-ring (bicyclic) bond motifs is 2. The molecule has 0 bridgehead atoms. The van der Waals surface area contributed by atoms with Crippen LogP contribution < -0.4 is 21.7 Å². The molecule has 6 N–H and O–H groups in total. The summed E-state index contributed by atoms with van der Waals surface area (Å²) in [7, 11) is 0. The fourth-order valence-electron chi connectivity index (χ4n) is 3.21. The van der Waals surface area contributed by atoms with Crippen LogP contribution in [0.5, 0.6) is 0 Å². The van der Waals surface area contributed by atoms with Crippen LogP contribution in [-0.2, 0) is 9.59 Å². The van der Waals surface area contributed by atoms with Crippen LogP contribution in [0.2, 0.25) is 0 Å².